The lowest BCUT2D eigenvalue weighted by atomic mass is 10.2. The maximum absolute atomic E-state index is 13.8. The van der Waals surface area contributed by atoms with Crippen LogP contribution in [-0.4, -0.2) is 7.05 Å². The predicted octanol–water partition coefficient (Wildman–Crippen LogP) is 4.24. The van der Waals surface area contributed by atoms with Gasteiger partial charge in [-0.1, -0.05) is 6.07 Å². The summed E-state index contributed by atoms with van der Waals surface area (Å²) in [6.07, 6.45) is 0. The first kappa shape index (κ1) is 14.0. The van der Waals surface area contributed by atoms with Crippen LogP contribution in [0.25, 0.3) is 0 Å². The van der Waals surface area contributed by atoms with Gasteiger partial charge in [0.15, 0.2) is 11.6 Å². The van der Waals surface area contributed by atoms with E-state index in [1.165, 1.54) is 30.3 Å². The molecule has 5 heteroatoms. The molecule has 0 aliphatic heterocycles. The van der Waals surface area contributed by atoms with Gasteiger partial charge in [-0.3, -0.25) is 0 Å². The topological polar surface area (TPSA) is 21.3 Å². The van der Waals surface area contributed by atoms with E-state index >= 15 is 0 Å². The van der Waals surface area contributed by atoms with E-state index in [1.54, 1.807) is 13.1 Å². The second-order valence-corrected chi connectivity index (χ2v) is 4.83. The molecule has 0 atom stereocenters. The number of hydrogen-bond acceptors (Lipinski definition) is 2. The standard InChI is InChI=1S/C14H12BrF2NO/c1-18-8-9-2-5-13(12(17)6-9)19-14-7-10(16)3-4-11(14)15/h2-7,18H,8H2,1H3. The Morgan fingerprint density at radius 3 is 2.58 bits per heavy atom. The van der Waals surface area contributed by atoms with Crippen molar-refractivity contribution >= 4 is 15.9 Å². The summed E-state index contributed by atoms with van der Waals surface area (Å²) in [5.74, 6) is -0.624. The second kappa shape index (κ2) is 6.12. The lowest BCUT2D eigenvalue weighted by Gasteiger charge is -2.10. The smallest absolute Gasteiger partial charge is 0.166 e. The minimum absolute atomic E-state index is 0.0613. The zero-order valence-electron chi connectivity index (χ0n) is 10.2. The van der Waals surface area contributed by atoms with Crippen LogP contribution in [0.2, 0.25) is 0 Å². The third-order valence-electron chi connectivity index (χ3n) is 2.49. The minimum atomic E-state index is -0.482. The van der Waals surface area contributed by atoms with Crippen LogP contribution in [0.3, 0.4) is 0 Å². The lowest BCUT2D eigenvalue weighted by molar-refractivity contribution is 0.435. The van der Waals surface area contributed by atoms with Gasteiger partial charge in [0.1, 0.15) is 11.6 Å². The van der Waals surface area contributed by atoms with E-state index in [-0.39, 0.29) is 11.5 Å². The molecule has 2 aromatic rings. The molecule has 0 heterocycles. The van der Waals surface area contributed by atoms with Crippen molar-refractivity contribution < 1.29 is 13.5 Å². The number of halogens is 3. The van der Waals surface area contributed by atoms with Crippen molar-refractivity contribution in [3.63, 3.8) is 0 Å². The van der Waals surface area contributed by atoms with Crippen LogP contribution < -0.4 is 10.1 Å². The summed E-state index contributed by atoms with van der Waals surface area (Å²) >= 11 is 3.23. The third-order valence-corrected chi connectivity index (χ3v) is 3.15. The van der Waals surface area contributed by atoms with Gasteiger partial charge in [-0.2, -0.15) is 0 Å². The summed E-state index contributed by atoms with van der Waals surface area (Å²) < 4.78 is 32.9. The van der Waals surface area contributed by atoms with Crippen molar-refractivity contribution in [2.45, 2.75) is 6.54 Å². The summed E-state index contributed by atoms with van der Waals surface area (Å²) in [5, 5.41) is 2.93. The molecule has 1 N–H and O–H groups in total. The van der Waals surface area contributed by atoms with Crippen molar-refractivity contribution in [2.24, 2.45) is 0 Å². The molecule has 2 aromatic carbocycles. The average molecular weight is 328 g/mol. The fraction of sp³-hybridized carbons (Fsp3) is 0.143. The van der Waals surface area contributed by atoms with E-state index in [0.717, 1.165) is 5.56 Å². The highest BCUT2D eigenvalue weighted by Crippen LogP contribution is 2.31. The molecule has 2 rings (SSSR count). The van der Waals surface area contributed by atoms with Crippen LogP contribution in [0.15, 0.2) is 40.9 Å². The van der Waals surface area contributed by atoms with Crippen LogP contribution in [0.4, 0.5) is 8.78 Å². The van der Waals surface area contributed by atoms with Gasteiger partial charge in [0.25, 0.3) is 0 Å². The average Bonchev–Trinajstić information content (AvgIpc) is 2.37. The first-order chi connectivity index (χ1) is 9.10. The van der Waals surface area contributed by atoms with E-state index in [4.69, 9.17) is 4.74 Å². The van der Waals surface area contributed by atoms with Gasteiger partial charge in [0.05, 0.1) is 4.47 Å². The lowest BCUT2D eigenvalue weighted by Crippen LogP contribution is -2.05. The first-order valence-corrected chi connectivity index (χ1v) is 6.45. The van der Waals surface area contributed by atoms with Crippen LogP contribution in [-0.2, 0) is 6.54 Å². The van der Waals surface area contributed by atoms with E-state index in [2.05, 4.69) is 21.2 Å². The van der Waals surface area contributed by atoms with E-state index in [0.29, 0.717) is 11.0 Å². The van der Waals surface area contributed by atoms with Crippen LogP contribution in [0, 0.1) is 11.6 Å². The summed E-state index contributed by atoms with van der Waals surface area (Å²) in [6, 6.07) is 8.67. The van der Waals surface area contributed by atoms with Gasteiger partial charge >= 0.3 is 0 Å². The van der Waals surface area contributed by atoms with Gasteiger partial charge in [-0.25, -0.2) is 8.78 Å². The summed E-state index contributed by atoms with van der Waals surface area (Å²) in [5.41, 5.74) is 0.811. The highest BCUT2D eigenvalue weighted by Gasteiger charge is 2.09. The third kappa shape index (κ3) is 3.52. The molecular weight excluding hydrogens is 316 g/mol. The molecular formula is C14H12BrF2NO. The highest BCUT2D eigenvalue weighted by molar-refractivity contribution is 9.10. The Morgan fingerprint density at radius 2 is 1.89 bits per heavy atom. The monoisotopic (exact) mass is 327 g/mol. The molecule has 2 nitrogen and oxygen atoms in total. The Balaban J connectivity index is 2.25. The van der Waals surface area contributed by atoms with E-state index in [1.807, 2.05) is 0 Å². The van der Waals surface area contributed by atoms with Gasteiger partial charge < -0.3 is 10.1 Å². The molecule has 0 spiro atoms. The molecule has 0 bridgehead atoms. The Hall–Kier alpha value is -1.46. The van der Waals surface area contributed by atoms with E-state index < -0.39 is 11.6 Å². The summed E-state index contributed by atoms with van der Waals surface area (Å²) in [7, 11) is 1.78. The zero-order chi connectivity index (χ0) is 13.8. The Kier molecular flexibility index (Phi) is 4.50. The Morgan fingerprint density at radius 1 is 1.11 bits per heavy atom. The zero-order valence-corrected chi connectivity index (χ0v) is 11.8. The van der Waals surface area contributed by atoms with E-state index in [9.17, 15) is 8.78 Å². The molecule has 0 amide bonds. The normalized spacial score (nSPS) is 10.5. The maximum Gasteiger partial charge on any atom is 0.166 e. The molecule has 0 aliphatic carbocycles. The maximum atomic E-state index is 13.8. The molecule has 0 unspecified atom stereocenters. The number of rotatable bonds is 4. The Labute approximate surface area is 118 Å². The molecule has 0 aliphatic rings. The van der Waals surface area contributed by atoms with Crippen molar-refractivity contribution in [3.8, 4) is 11.5 Å². The Bertz CT molecular complexity index is 590. The largest absolute Gasteiger partial charge is 0.453 e. The van der Waals surface area contributed by atoms with Crippen molar-refractivity contribution in [1.82, 2.24) is 5.32 Å². The quantitative estimate of drug-likeness (QED) is 0.906. The number of nitrogens with one attached hydrogen (secondary N) is 1. The van der Waals surface area contributed by atoms with Crippen LogP contribution >= 0.6 is 15.9 Å². The minimum Gasteiger partial charge on any atom is -0.453 e. The van der Waals surface area contributed by atoms with Gasteiger partial charge in [-0.05, 0) is 52.8 Å². The van der Waals surface area contributed by atoms with Crippen molar-refractivity contribution in [1.29, 1.82) is 0 Å². The number of hydrogen-bond donors (Lipinski definition) is 1. The fourth-order valence-electron chi connectivity index (χ4n) is 1.62. The molecule has 100 valence electrons. The molecule has 19 heavy (non-hydrogen) atoms. The molecule has 0 aromatic heterocycles. The van der Waals surface area contributed by atoms with Gasteiger partial charge in [0.2, 0.25) is 0 Å². The van der Waals surface area contributed by atoms with Crippen molar-refractivity contribution in [2.75, 3.05) is 7.05 Å². The van der Waals surface area contributed by atoms with Gasteiger partial charge in [-0.15, -0.1) is 0 Å². The SMILES string of the molecule is CNCc1ccc(Oc2cc(F)ccc2Br)c(F)c1. The number of benzene rings is 2. The summed E-state index contributed by atoms with van der Waals surface area (Å²) in [6.45, 7) is 0.570. The second-order valence-electron chi connectivity index (χ2n) is 3.97. The van der Waals surface area contributed by atoms with Crippen molar-refractivity contribution in [3.05, 3.63) is 58.1 Å². The van der Waals surface area contributed by atoms with Crippen LogP contribution in [0.1, 0.15) is 5.56 Å². The highest BCUT2D eigenvalue weighted by atomic mass is 79.9. The molecule has 0 fully saturated rings. The molecule has 0 saturated carbocycles. The fourth-order valence-corrected chi connectivity index (χ4v) is 1.94. The predicted molar refractivity (Wildman–Crippen MR) is 73.3 cm³/mol. The first-order valence-electron chi connectivity index (χ1n) is 5.66. The van der Waals surface area contributed by atoms with Crippen LogP contribution in [0.5, 0.6) is 11.5 Å². The van der Waals surface area contributed by atoms with Gasteiger partial charge in [0, 0.05) is 12.6 Å². The molecule has 0 saturated heterocycles. The number of ether oxygens (including phenoxy) is 1. The summed E-state index contributed by atoms with van der Waals surface area (Å²) in [4.78, 5) is 0. The molecule has 0 radical (unpaired) electrons.